The number of halogens is 1. The van der Waals surface area contributed by atoms with Crippen molar-refractivity contribution in [1.82, 2.24) is 5.32 Å². The highest BCUT2D eigenvalue weighted by Gasteiger charge is 2.05. The summed E-state index contributed by atoms with van der Waals surface area (Å²) in [6, 6.07) is 6.43. The van der Waals surface area contributed by atoms with Crippen LogP contribution in [0.3, 0.4) is 0 Å². The number of hydrogen-bond donors (Lipinski definition) is 1. The van der Waals surface area contributed by atoms with E-state index in [1.165, 1.54) is 17.8 Å². The standard InChI is InChI=1S/C12H14FNOS/c1-2-3-8-14-12(15)9-16-11-7-5-4-6-10(11)13/h2,4-7H,1,3,8-9H2,(H,14,15). The minimum absolute atomic E-state index is 0.0879. The first-order chi connectivity index (χ1) is 7.74. The largest absolute Gasteiger partial charge is 0.355 e. The molecule has 1 N–H and O–H groups in total. The molecule has 0 aliphatic rings. The fourth-order valence-electron chi connectivity index (χ4n) is 1.07. The number of benzene rings is 1. The lowest BCUT2D eigenvalue weighted by Crippen LogP contribution is -2.25. The van der Waals surface area contributed by atoms with Crippen LogP contribution in [0.4, 0.5) is 4.39 Å². The van der Waals surface area contributed by atoms with Crippen molar-refractivity contribution in [3.63, 3.8) is 0 Å². The molecular formula is C12H14FNOS. The average molecular weight is 239 g/mol. The molecule has 2 nitrogen and oxygen atoms in total. The summed E-state index contributed by atoms with van der Waals surface area (Å²) in [6.07, 6.45) is 2.49. The predicted molar refractivity (Wildman–Crippen MR) is 64.9 cm³/mol. The van der Waals surface area contributed by atoms with Crippen molar-refractivity contribution in [1.29, 1.82) is 0 Å². The van der Waals surface area contributed by atoms with Crippen LogP contribution < -0.4 is 5.32 Å². The molecule has 0 saturated heterocycles. The van der Waals surface area contributed by atoms with Gasteiger partial charge < -0.3 is 5.32 Å². The Balaban J connectivity index is 2.31. The molecule has 0 aliphatic heterocycles. The summed E-state index contributed by atoms with van der Waals surface area (Å²) in [5, 5.41) is 2.72. The van der Waals surface area contributed by atoms with Gasteiger partial charge >= 0.3 is 0 Å². The van der Waals surface area contributed by atoms with E-state index in [2.05, 4.69) is 11.9 Å². The molecule has 0 aromatic heterocycles. The Morgan fingerprint density at radius 3 is 2.94 bits per heavy atom. The fourth-order valence-corrected chi connectivity index (χ4v) is 1.84. The number of carbonyl (C=O) groups is 1. The molecule has 4 heteroatoms. The van der Waals surface area contributed by atoms with Gasteiger partial charge in [-0.3, -0.25) is 4.79 Å². The normalized spacial score (nSPS) is 9.81. The van der Waals surface area contributed by atoms with Gasteiger partial charge in [0.15, 0.2) is 0 Å². The van der Waals surface area contributed by atoms with Crippen LogP contribution in [0.15, 0.2) is 41.8 Å². The summed E-state index contributed by atoms with van der Waals surface area (Å²) in [7, 11) is 0. The molecule has 0 spiro atoms. The number of hydrogen-bond acceptors (Lipinski definition) is 2. The van der Waals surface area contributed by atoms with Crippen molar-refractivity contribution in [3.05, 3.63) is 42.7 Å². The highest BCUT2D eigenvalue weighted by atomic mass is 32.2. The molecule has 1 rings (SSSR count). The zero-order chi connectivity index (χ0) is 11.8. The molecule has 0 heterocycles. The molecule has 86 valence electrons. The SMILES string of the molecule is C=CCCNC(=O)CSc1ccccc1F. The molecule has 0 aliphatic carbocycles. The fraction of sp³-hybridized carbons (Fsp3) is 0.250. The van der Waals surface area contributed by atoms with Crippen LogP contribution >= 0.6 is 11.8 Å². The minimum atomic E-state index is -0.286. The van der Waals surface area contributed by atoms with Crippen LogP contribution in [0.25, 0.3) is 0 Å². The van der Waals surface area contributed by atoms with Gasteiger partial charge in [-0.1, -0.05) is 18.2 Å². The van der Waals surface area contributed by atoms with E-state index < -0.39 is 0 Å². The first-order valence-electron chi connectivity index (χ1n) is 4.99. The van der Waals surface area contributed by atoms with Crippen LogP contribution in [0.5, 0.6) is 0 Å². The zero-order valence-corrected chi connectivity index (χ0v) is 9.73. The van der Waals surface area contributed by atoms with Gasteiger partial charge in [-0.15, -0.1) is 18.3 Å². The Kier molecular flexibility index (Phi) is 5.64. The van der Waals surface area contributed by atoms with E-state index in [4.69, 9.17) is 0 Å². The van der Waals surface area contributed by atoms with Crippen molar-refractivity contribution in [2.75, 3.05) is 12.3 Å². The highest BCUT2D eigenvalue weighted by Crippen LogP contribution is 2.20. The van der Waals surface area contributed by atoms with E-state index in [1.54, 1.807) is 24.3 Å². The second-order valence-corrected chi connectivity index (χ2v) is 4.16. The minimum Gasteiger partial charge on any atom is -0.355 e. The molecule has 0 radical (unpaired) electrons. The Morgan fingerprint density at radius 1 is 1.50 bits per heavy atom. The van der Waals surface area contributed by atoms with Gasteiger partial charge in [-0.05, 0) is 18.6 Å². The van der Waals surface area contributed by atoms with Crippen LogP contribution in [0, 0.1) is 5.82 Å². The van der Waals surface area contributed by atoms with E-state index >= 15 is 0 Å². The highest BCUT2D eigenvalue weighted by molar-refractivity contribution is 8.00. The second-order valence-electron chi connectivity index (χ2n) is 3.15. The molecule has 1 aromatic rings. The van der Waals surface area contributed by atoms with E-state index in [0.717, 1.165) is 6.42 Å². The van der Waals surface area contributed by atoms with Gasteiger partial charge in [-0.2, -0.15) is 0 Å². The number of rotatable bonds is 6. The summed E-state index contributed by atoms with van der Waals surface area (Å²) in [5.74, 6) is -0.139. The lowest BCUT2D eigenvalue weighted by molar-refractivity contribution is -0.118. The summed E-state index contributed by atoms with van der Waals surface area (Å²) >= 11 is 1.20. The van der Waals surface area contributed by atoms with Crippen LogP contribution in [-0.4, -0.2) is 18.2 Å². The number of carbonyl (C=O) groups excluding carboxylic acids is 1. The molecule has 16 heavy (non-hydrogen) atoms. The van der Waals surface area contributed by atoms with Gasteiger partial charge in [0.2, 0.25) is 5.91 Å². The van der Waals surface area contributed by atoms with Crippen molar-refractivity contribution >= 4 is 17.7 Å². The second kappa shape index (κ2) is 7.06. The molecule has 0 saturated carbocycles. The third-order valence-electron chi connectivity index (χ3n) is 1.87. The Labute approximate surface area is 98.9 Å². The van der Waals surface area contributed by atoms with E-state index in [9.17, 15) is 9.18 Å². The Bertz CT molecular complexity index is 368. The van der Waals surface area contributed by atoms with E-state index in [0.29, 0.717) is 11.4 Å². The van der Waals surface area contributed by atoms with Gasteiger partial charge in [0.25, 0.3) is 0 Å². The van der Waals surface area contributed by atoms with Crippen molar-refractivity contribution in [2.45, 2.75) is 11.3 Å². The monoisotopic (exact) mass is 239 g/mol. The smallest absolute Gasteiger partial charge is 0.230 e. The van der Waals surface area contributed by atoms with E-state index in [-0.39, 0.29) is 17.5 Å². The van der Waals surface area contributed by atoms with Gasteiger partial charge in [0, 0.05) is 11.4 Å². The zero-order valence-electron chi connectivity index (χ0n) is 8.91. The third-order valence-corrected chi connectivity index (χ3v) is 2.91. The lowest BCUT2D eigenvalue weighted by atomic mass is 10.3. The summed E-state index contributed by atoms with van der Waals surface area (Å²) in [4.78, 5) is 11.8. The lowest BCUT2D eigenvalue weighted by Gasteiger charge is -2.04. The van der Waals surface area contributed by atoms with Crippen molar-refractivity contribution in [2.24, 2.45) is 0 Å². The maximum absolute atomic E-state index is 13.2. The topological polar surface area (TPSA) is 29.1 Å². The number of thioether (sulfide) groups is 1. The third kappa shape index (κ3) is 4.49. The molecular weight excluding hydrogens is 225 g/mol. The molecule has 0 unspecified atom stereocenters. The van der Waals surface area contributed by atoms with Crippen LogP contribution in [0.1, 0.15) is 6.42 Å². The quantitative estimate of drug-likeness (QED) is 0.469. The van der Waals surface area contributed by atoms with Gasteiger partial charge in [0.1, 0.15) is 5.82 Å². The molecule has 0 bridgehead atoms. The summed E-state index contributed by atoms with van der Waals surface area (Å²) in [5.41, 5.74) is 0. The van der Waals surface area contributed by atoms with E-state index in [1.807, 2.05) is 0 Å². The molecule has 0 atom stereocenters. The number of nitrogens with one attached hydrogen (secondary N) is 1. The maximum Gasteiger partial charge on any atom is 0.230 e. The Hall–Kier alpha value is -1.29. The van der Waals surface area contributed by atoms with Crippen molar-refractivity contribution < 1.29 is 9.18 Å². The maximum atomic E-state index is 13.2. The molecule has 0 fully saturated rings. The van der Waals surface area contributed by atoms with Crippen LogP contribution in [-0.2, 0) is 4.79 Å². The Morgan fingerprint density at radius 2 is 2.25 bits per heavy atom. The first kappa shape index (κ1) is 12.8. The average Bonchev–Trinajstić information content (AvgIpc) is 2.28. The first-order valence-corrected chi connectivity index (χ1v) is 5.97. The molecule has 1 aromatic carbocycles. The van der Waals surface area contributed by atoms with Crippen molar-refractivity contribution in [3.8, 4) is 0 Å². The van der Waals surface area contributed by atoms with Gasteiger partial charge in [0.05, 0.1) is 5.75 Å². The molecule has 1 amide bonds. The summed E-state index contributed by atoms with van der Waals surface area (Å²) in [6.45, 7) is 4.14. The number of amides is 1. The summed E-state index contributed by atoms with van der Waals surface area (Å²) < 4.78 is 13.2. The van der Waals surface area contributed by atoms with Gasteiger partial charge in [-0.25, -0.2) is 4.39 Å². The predicted octanol–water partition coefficient (Wildman–Crippen LogP) is 2.61. The van der Waals surface area contributed by atoms with Crippen LogP contribution in [0.2, 0.25) is 0 Å².